The highest BCUT2D eigenvalue weighted by Gasteiger charge is 2.25. The van der Waals surface area contributed by atoms with Crippen LogP contribution in [0.5, 0.6) is 0 Å². The van der Waals surface area contributed by atoms with E-state index < -0.39 is 0 Å². The van der Waals surface area contributed by atoms with Crippen LogP contribution in [0.4, 0.5) is 0 Å². The van der Waals surface area contributed by atoms with Gasteiger partial charge in [-0.1, -0.05) is 138 Å². The molecule has 376 valence electrons. The van der Waals surface area contributed by atoms with Crippen LogP contribution >= 0.6 is 0 Å². The van der Waals surface area contributed by atoms with E-state index in [4.69, 9.17) is 0 Å². The molecule has 12 rings (SSSR count). The van der Waals surface area contributed by atoms with E-state index in [0.717, 1.165) is 50.1 Å². The number of nitrogens with zero attached hydrogens (tertiary/aromatic N) is 3. The first-order chi connectivity index (χ1) is 37.0. The maximum atomic E-state index is 10.4. The van der Waals surface area contributed by atoms with E-state index in [-0.39, 0.29) is 0 Å². The number of nitriles is 1. The molecule has 0 amide bonds. The maximum absolute atomic E-state index is 10.4. The average Bonchev–Trinajstić information content (AvgIpc) is 3.88. The van der Waals surface area contributed by atoms with E-state index in [1.54, 1.807) is 0 Å². The Labute approximate surface area is 454 Å². The van der Waals surface area contributed by atoms with Gasteiger partial charge in [0.25, 0.3) is 0 Å². The molecule has 10 aromatic carbocycles. The minimum absolute atomic E-state index is 0.628. The third-order valence-corrected chi connectivity index (χ3v) is 16.6. The van der Waals surface area contributed by atoms with Gasteiger partial charge in [0, 0.05) is 27.1 Å². The van der Waals surface area contributed by atoms with Crippen molar-refractivity contribution in [3.05, 3.63) is 236 Å². The topological polar surface area (TPSA) is 33.6 Å². The van der Waals surface area contributed by atoms with Crippen LogP contribution in [0.3, 0.4) is 0 Å². The van der Waals surface area contributed by atoms with Crippen molar-refractivity contribution < 1.29 is 0 Å². The molecule has 2 aromatic heterocycles. The van der Waals surface area contributed by atoms with Crippen molar-refractivity contribution in [3.63, 3.8) is 0 Å². The Bertz CT molecular complexity index is 4220. The van der Waals surface area contributed by atoms with Crippen LogP contribution in [0.25, 0.3) is 111 Å². The summed E-state index contributed by atoms with van der Waals surface area (Å²) >= 11 is 0. The first-order valence-electron chi connectivity index (χ1n) is 27.1. The minimum atomic E-state index is 0.628. The van der Waals surface area contributed by atoms with E-state index in [2.05, 4.69) is 251 Å². The Morgan fingerprint density at radius 3 is 0.961 bits per heavy atom. The van der Waals surface area contributed by atoms with Crippen LogP contribution in [-0.2, 0) is 0 Å². The van der Waals surface area contributed by atoms with E-state index >= 15 is 0 Å². The van der Waals surface area contributed by atoms with Crippen molar-refractivity contribution in [3.8, 4) is 73.1 Å². The number of hydrogen-bond acceptors (Lipinski definition) is 1. The highest BCUT2D eigenvalue weighted by Crippen LogP contribution is 2.46. The normalized spacial score (nSPS) is 11.7. The van der Waals surface area contributed by atoms with Crippen molar-refractivity contribution in [2.24, 2.45) is 0 Å². The van der Waals surface area contributed by atoms with Crippen LogP contribution < -0.4 is 0 Å². The number of rotatable bonds is 7. The van der Waals surface area contributed by atoms with Gasteiger partial charge in [0.05, 0.1) is 45.1 Å². The first-order valence-corrected chi connectivity index (χ1v) is 27.1. The average molecular weight is 996 g/mol. The molecule has 77 heavy (non-hydrogen) atoms. The molecule has 0 bridgehead atoms. The Hall–Kier alpha value is -8.71. The van der Waals surface area contributed by atoms with Gasteiger partial charge >= 0.3 is 0 Å². The number of aromatic nitrogens is 2. The second kappa shape index (κ2) is 18.5. The molecule has 0 N–H and O–H groups in total. The van der Waals surface area contributed by atoms with Crippen molar-refractivity contribution >= 4 is 43.6 Å². The summed E-state index contributed by atoms with van der Waals surface area (Å²) in [6.07, 6.45) is 0. The number of fused-ring (bicyclic) bond motifs is 6. The van der Waals surface area contributed by atoms with E-state index in [9.17, 15) is 5.26 Å². The number of hydrogen-bond donors (Lipinski definition) is 0. The maximum Gasteiger partial charge on any atom is 0.0991 e. The van der Waals surface area contributed by atoms with Crippen molar-refractivity contribution in [2.75, 3.05) is 0 Å². The fourth-order valence-corrected chi connectivity index (χ4v) is 13.9. The van der Waals surface area contributed by atoms with Gasteiger partial charge in [-0.3, -0.25) is 0 Å². The van der Waals surface area contributed by atoms with Gasteiger partial charge in [-0.25, -0.2) is 0 Å². The molecule has 0 aliphatic heterocycles. The zero-order chi connectivity index (χ0) is 53.9. The molecule has 0 fully saturated rings. The second-order valence-electron chi connectivity index (χ2n) is 22.5. The van der Waals surface area contributed by atoms with Gasteiger partial charge in [0.1, 0.15) is 0 Å². The summed E-state index contributed by atoms with van der Waals surface area (Å²) in [4.78, 5) is 0. The van der Waals surface area contributed by atoms with Crippen molar-refractivity contribution in [1.82, 2.24) is 9.13 Å². The Morgan fingerprint density at radius 1 is 0.312 bits per heavy atom. The minimum Gasteiger partial charge on any atom is -0.309 e. The van der Waals surface area contributed by atoms with E-state index in [1.807, 2.05) is 12.1 Å². The fourth-order valence-electron chi connectivity index (χ4n) is 13.9. The summed E-state index contributed by atoms with van der Waals surface area (Å²) in [5.41, 5.74) is 35.7. The van der Waals surface area contributed by atoms with Crippen LogP contribution in [0.15, 0.2) is 158 Å². The molecule has 3 nitrogen and oxygen atoms in total. The van der Waals surface area contributed by atoms with Crippen LogP contribution in [0.2, 0.25) is 0 Å². The third-order valence-electron chi connectivity index (χ3n) is 16.6. The molecule has 0 saturated carbocycles. The molecule has 0 aliphatic rings. The summed E-state index contributed by atoms with van der Waals surface area (Å²) in [7, 11) is 0. The largest absolute Gasteiger partial charge is 0.309 e. The summed E-state index contributed by atoms with van der Waals surface area (Å²) < 4.78 is 5.11. The Kier molecular flexibility index (Phi) is 11.8. The molecule has 2 heterocycles. The molecule has 0 spiro atoms. The lowest BCUT2D eigenvalue weighted by molar-refractivity contribution is 1.10. The predicted octanol–water partition coefficient (Wildman–Crippen LogP) is 20.1. The van der Waals surface area contributed by atoms with Crippen molar-refractivity contribution in [2.45, 2.75) is 90.0 Å². The van der Waals surface area contributed by atoms with E-state index in [1.165, 1.54) is 133 Å². The monoisotopic (exact) mass is 996 g/mol. The molecule has 0 atom stereocenters. The lowest BCUT2D eigenvalue weighted by atomic mass is 9.92. The Balaban J connectivity index is 1.24. The number of aryl methyl sites for hydroxylation is 12. The molecule has 12 aromatic rings. The molecule has 0 saturated heterocycles. The van der Waals surface area contributed by atoms with Gasteiger partial charge in [0.2, 0.25) is 0 Å². The van der Waals surface area contributed by atoms with Gasteiger partial charge in [0.15, 0.2) is 0 Å². The van der Waals surface area contributed by atoms with Gasteiger partial charge in [-0.2, -0.15) is 5.26 Å². The smallest absolute Gasteiger partial charge is 0.0991 e. The molecule has 0 unspecified atom stereocenters. The number of benzene rings is 10. The van der Waals surface area contributed by atoms with Gasteiger partial charge in [-0.05, 0) is 233 Å². The zero-order valence-corrected chi connectivity index (χ0v) is 46.9. The Morgan fingerprint density at radius 2 is 0.636 bits per heavy atom. The first kappa shape index (κ1) is 49.2. The summed E-state index contributed by atoms with van der Waals surface area (Å²) in [6, 6.07) is 62.1. The van der Waals surface area contributed by atoms with E-state index in [0.29, 0.717) is 5.56 Å². The fraction of sp³-hybridized carbons (Fsp3) is 0.176. The van der Waals surface area contributed by atoms with Crippen LogP contribution in [-0.4, -0.2) is 9.13 Å². The van der Waals surface area contributed by atoms with Crippen molar-refractivity contribution in [1.29, 1.82) is 5.26 Å². The quantitative estimate of drug-likeness (QED) is 0.157. The lowest BCUT2D eigenvalue weighted by Gasteiger charge is -2.22. The lowest BCUT2D eigenvalue weighted by Crippen LogP contribution is -2.06. The SMILES string of the molecule is Cc1cc(C)c(-c2ccc3c4ccc(-c5c(C)cc(C)cc5C)cc4n(-c4ccc(-c5cccc(C#N)c5)c(-n5c6cc(-c7c(C)cc(C)cc7C)ccc6c6ccc(-c7c(C)cc(C)cc7C)cc65)c4C)c3c2)c(C)c1. The van der Waals surface area contributed by atoms with Gasteiger partial charge in [-0.15, -0.1) is 0 Å². The highest BCUT2D eigenvalue weighted by atomic mass is 15.0. The summed E-state index contributed by atoms with van der Waals surface area (Å²) in [5, 5.41) is 15.2. The van der Waals surface area contributed by atoms with Gasteiger partial charge < -0.3 is 9.13 Å². The molecular weight excluding hydrogens is 931 g/mol. The molecule has 0 radical (unpaired) electrons. The van der Waals surface area contributed by atoms with Crippen LogP contribution in [0.1, 0.15) is 77.9 Å². The molecular formula is C74H65N3. The third kappa shape index (κ3) is 8.09. The van der Waals surface area contributed by atoms with Crippen LogP contribution in [0, 0.1) is 101 Å². The standard InChI is InChI=1S/C74H65N3/c1-41-27-45(5)70(46(6)28-41)56-17-21-61-62-22-18-57(71-47(7)29-42(2)30-48(71)8)37-67(62)76(66(61)36-56)65-26-25-60(55-16-14-15-54(35-55)40-75)74(53(65)13)77-68-38-58(72-49(9)31-43(3)32-50(72)10)19-23-63(68)64-24-20-59(39-69(64)77)73-51(11)33-44(4)34-52(73)12/h14-39H,1-13H3. The second-order valence-corrected chi connectivity index (χ2v) is 22.5. The highest BCUT2D eigenvalue weighted by molar-refractivity contribution is 6.14. The summed E-state index contributed by atoms with van der Waals surface area (Å²) in [5.74, 6) is 0. The summed E-state index contributed by atoms with van der Waals surface area (Å²) in [6.45, 7) is 29.0. The zero-order valence-electron chi connectivity index (χ0n) is 46.9. The predicted molar refractivity (Wildman–Crippen MR) is 329 cm³/mol. The molecule has 3 heteroatoms. The molecule has 0 aliphatic carbocycles.